The first-order valence-corrected chi connectivity index (χ1v) is 10.6. The molecule has 156 valence electrons. The smallest absolute Gasteiger partial charge is 0.273 e. The highest BCUT2D eigenvalue weighted by molar-refractivity contribution is 7.17. The molecule has 4 aromatic rings. The van der Waals surface area contributed by atoms with E-state index >= 15 is 0 Å². The van der Waals surface area contributed by atoms with Gasteiger partial charge in [-0.3, -0.25) is 9.20 Å². The first kappa shape index (κ1) is 20.7. The van der Waals surface area contributed by atoms with E-state index < -0.39 is 29.0 Å². The second-order valence-electron chi connectivity index (χ2n) is 6.86. The number of hydrogen-bond donors (Lipinski definition) is 1. The molecule has 3 aromatic heterocycles. The number of aliphatic hydroxyl groups excluding tert-OH is 1. The SMILES string of the molecule is Cc1sc2nc(Cc3cccc(C(C)(F)F)c3F)cc(=O)n2c1C(O)c1nccs1. The summed E-state index contributed by atoms with van der Waals surface area (Å²) < 4.78 is 43.1. The summed E-state index contributed by atoms with van der Waals surface area (Å²) in [4.78, 5) is 22.3. The highest BCUT2D eigenvalue weighted by atomic mass is 32.1. The summed E-state index contributed by atoms with van der Waals surface area (Å²) in [6, 6.07) is 5.02. The maximum atomic E-state index is 14.6. The number of aryl methyl sites for hydroxylation is 1. The average molecular weight is 451 g/mol. The van der Waals surface area contributed by atoms with Crippen molar-refractivity contribution in [3.8, 4) is 0 Å². The Bertz CT molecular complexity index is 1280. The van der Waals surface area contributed by atoms with Crippen LogP contribution in [0.15, 0.2) is 40.6 Å². The zero-order valence-corrected chi connectivity index (χ0v) is 17.5. The summed E-state index contributed by atoms with van der Waals surface area (Å²) in [5, 5.41) is 12.8. The number of alkyl halides is 2. The van der Waals surface area contributed by atoms with E-state index in [1.807, 2.05) is 0 Å². The van der Waals surface area contributed by atoms with Crippen molar-refractivity contribution in [2.45, 2.75) is 32.3 Å². The van der Waals surface area contributed by atoms with E-state index in [2.05, 4.69) is 9.97 Å². The van der Waals surface area contributed by atoms with E-state index in [1.54, 1.807) is 18.5 Å². The minimum absolute atomic E-state index is 0.0293. The van der Waals surface area contributed by atoms with Crippen molar-refractivity contribution in [2.24, 2.45) is 0 Å². The minimum atomic E-state index is -3.32. The van der Waals surface area contributed by atoms with Gasteiger partial charge in [0.15, 0.2) is 4.96 Å². The number of rotatable bonds is 5. The number of fused-ring (bicyclic) bond motifs is 1. The quantitative estimate of drug-likeness (QED) is 0.487. The van der Waals surface area contributed by atoms with Crippen molar-refractivity contribution in [2.75, 3.05) is 0 Å². The summed E-state index contributed by atoms with van der Waals surface area (Å²) in [5.41, 5.74) is -0.470. The molecule has 3 heterocycles. The highest BCUT2D eigenvalue weighted by Crippen LogP contribution is 2.32. The van der Waals surface area contributed by atoms with Crippen LogP contribution in [0.3, 0.4) is 0 Å². The lowest BCUT2D eigenvalue weighted by atomic mass is 10.0. The number of aromatic nitrogens is 3. The van der Waals surface area contributed by atoms with Gasteiger partial charge in [0, 0.05) is 35.9 Å². The first-order chi connectivity index (χ1) is 14.2. The van der Waals surface area contributed by atoms with Gasteiger partial charge in [-0.05, 0) is 12.5 Å². The predicted molar refractivity (Wildman–Crippen MR) is 109 cm³/mol. The molecule has 1 N–H and O–H groups in total. The van der Waals surface area contributed by atoms with E-state index in [-0.39, 0.29) is 17.7 Å². The molecule has 0 aliphatic heterocycles. The highest BCUT2D eigenvalue weighted by Gasteiger charge is 2.29. The van der Waals surface area contributed by atoms with Gasteiger partial charge in [0.1, 0.15) is 16.9 Å². The molecule has 1 atom stereocenters. The Morgan fingerprint density at radius 1 is 1.33 bits per heavy atom. The average Bonchev–Trinajstić information content (AvgIpc) is 3.29. The van der Waals surface area contributed by atoms with Crippen LogP contribution in [-0.2, 0) is 12.3 Å². The fourth-order valence-corrected chi connectivity index (χ4v) is 4.93. The Labute approximate surface area is 177 Å². The summed E-state index contributed by atoms with van der Waals surface area (Å²) in [6.07, 6.45) is 0.377. The number of nitrogens with zero attached hydrogens (tertiary/aromatic N) is 3. The van der Waals surface area contributed by atoms with Crippen LogP contribution in [0, 0.1) is 12.7 Å². The van der Waals surface area contributed by atoms with Gasteiger partial charge in [0.05, 0.1) is 17.0 Å². The lowest BCUT2D eigenvalue weighted by Crippen LogP contribution is -2.19. The molecule has 0 aliphatic carbocycles. The van der Waals surface area contributed by atoms with Gasteiger partial charge < -0.3 is 5.11 Å². The Morgan fingerprint density at radius 2 is 2.10 bits per heavy atom. The molecule has 0 amide bonds. The molecule has 1 aromatic carbocycles. The minimum Gasteiger partial charge on any atom is -0.380 e. The zero-order chi connectivity index (χ0) is 21.6. The molecule has 5 nitrogen and oxygen atoms in total. The second kappa shape index (κ2) is 7.60. The van der Waals surface area contributed by atoms with Crippen LogP contribution in [0.4, 0.5) is 13.2 Å². The maximum absolute atomic E-state index is 14.6. The normalized spacial score (nSPS) is 13.1. The molecule has 0 fully saturated rings. The molecular formula is C20H16F3N3O2S2. The molecule has 0 aliphatic rings. The van der Waals surface area contributed by atoms with Gasteiger partial charge in [-0.15, -0.1) is 22.7 Å². The predicted octanol–water partition coefficient (Wildman–Crippen LogP) is 4.44. The molecule has 10 heteroatoms. The Kier molecular flexibility index (Phi) is 5.25. The van der Waals surface area contributed by atoms with E-state index in [1.165, 1.54) is 45.3 Å². The molecule has 0 radical (unpaired) electrons. The van der Waals surface area contributed by atoms with Gasteiger partial charge >= 0.3 is 0 Å². The van der Waals surface area contributed by atoms with Crippen LogP contribution < -0.4 is 5.56 Å². The number of aliphatic hydroxyl groups is 1. The number of benzene rings is 1. The lowest BCUT2D eigenvalue weighted by molar-refractivity contribution is 0.0136. The molecule has 0 spiro atoms. The van der Waals surface area contributed by atoms with Crippen molar-refractivity contribution in [1.29, 1.82) is 0 Å². The van der Waals surface area contributed by atoms with Gasteiger partial charge in [0.2, 0.25) is 0 Å². The van der Waals surface area contributed by atoms with Crippen molar-refractivity contribution in [3.05, 3.63) is 84.4 Å². The van der Waals surface area contributed by atoms with Crippen molar-refractivity contribution in [3.63, 3.8) is 0 Å². The summed E-state index contributed by atoms with van der Waals surface area (Å²) in [5.74, 6) is -4.32. The van der Waals surface area contributed by atoms with E-state index in [9.17, 15) is 23.1 Å². The number of halogens is 3. The Balaban J connectivity index is 1.76. The zero-order valence-electron chi connectivity index (χ0n) is 15.9. The number of hydrogen-bond acceptors (Lipinski definition) is 6. The third kappa shape index (κ3) is 3.66. The Hall–Kier alpha value is -2.56. The molecule has 0 saturated carbocycles. The largest absolute Gasteiger partial charge is 0.380 e. The van der Waals surface area contributed by atoms with Gasteiger partial charge in [0.25, 0.3) is 11.5 Å². The molecule has 4 rings (SSSR count). The Morgan fingerprint density at radius 3 is 2.77 bits per heavy atom. The van der Waals surface area contributed by atoms with E-state index in [0.29, 0.717) is 27.5 Å². The molecule has 0 saturated heterocycles. The molecule has 30 heavy (non-hydrogen) atoms. The standard InChI is InChI=1S/C20H16F3N3O2S2/c1-10-16(17(28)18-24-6-7-29-18)26-14(27)9-12(25-19(26)30-10)8-11-4-3-5-13(15(11)21)20(2,22)23/h3-7,9,17,28H,8H2,1-2H3. The summed E-state index contributed by atoms with van der Waals surface area (Å²) in [7, 11) is 0. The number of thiazole rings is 2. The van der Waals surface area contributed by atoms with E-state index in [0.717, 1.165) is 6.07 Å². The van der Waals surface area contributed by atoms with Crippen LogP contribution in [0.25, 0.3) is 4.96 Å². The van der Waals surface area contributed by atoms with Crippen molar-refractivity contribution < 1.29 is 18.3 Å². The van der Waals surface area contributed by atoms with Gasteiger partial charge in [-0.2, -0.15) is 0 Å². The third-order valence-electron chi connectivity index (χ3n) is 4.65. The molecule has 0 bridgehead atoms. The van der Waals surface area contributed by atoms with Crippen LogP contribution in [0.2, 0.25) is 0 Å². The molecule has 1 unspecified atom stereocenters. The van der Waals surface area contributed by atoms with E-state index in [4.69, 9.17) is 0 Å². The van der Waals surface area contributed by atoms with Crippen molar-refractivity contribution >= 4 is 27.6 Å². The van der Waals surface area contributed by atoms with Crippen molar-refractivity contribution in [1.82, 2.24) is 14.4 Å². The van der Waals surface area contributed by atoms with Crippen LogP contribution >= 0.6 is 22.7 Å². The third-order valence-corrected chi connectivity index (χ3v) is 6.45. The van der Waals surface area contributed by atoms with Crippen LogP contribution in [0.1, 0.15) is 45.4 Å². The van der Waals surface area contributed by atoms with Crippen LogP contribution in [-0.4, -0.2) is 19.5 Å². The summed E-state index contributed by atoms with van der Waals surface area (Å²) >= 11 is 2.48. The molecular weight excluding hydrogens is 435 g/mol. The first-order valence-electron chi connectivity index (χ1n) is 8.92. The topological polar surface area (TPSA) is 67.5 Å². The fraction of sp³-hybridized carbons (Fsp3) is 0.250. The van der Waals surface area contributed by atoms with Gasteiger partial charge in [-0.1, -0.05) is 18.2 Å². The summed E-state index contributed by atoms with van der Waals surface area (Å²) in [6.45, 7) is 2.40. The second-order valence-corrected chi connectivity index (χ2v) is 8.97. The lowest BCUT2D eigenvalue weighted by Gasteiger charge is -2.14. The fourth-order valence-electron chi connectivity index (χ4n) is 3.29. The maximum Gasteiger partial charge on any atom is 0.273 e. The monoisotopic (exact) mass is 451 g/mol. The van der Waals surface area contributed by atoms with Crippen LogP contribution in [0.5, 0.6) is 0 Å². The van der Waals surface area contributed by atoms with Gasteiger partial charge in [-0.25, -0.2) is 23.1 Å².